The number of nitrogens with zero attached hydrogens (tertiary/aromatic N) is 4. The van der Waals surface area contributed by atoms with E-state index in [2.05, 4.69) is 31.4 Å². The highest BCUT2D eigenvalue weighted by atomic mass is 16.5. The minimum Gasteiger partial charge on any atom is -0.378 e. The van der Waals surface area contributed by atoms with Crippen LogP contribution in [-0.2, 0) is 4.74 Å². The maximum absolute atomic E-state index is 5.41. The van der Waals surface area contributed by atoms with Crippen LogP contribution in [0.2, 0.25) is 0 Å². The van der Waals surface area contributed by atoms with Crippen molar-refractivity contribution in [2.45, 2.75) is 0 Å². The first kappa shape index (κ1) is 12.3. The molecule has 0 amide bonds. The van der Waals surface area contributed by atoms with Crippen molar-refractivity contribution in [1.29, 1.82) is 0 Å². The van der Waals surface area contributed by atoms with E-state index in [1.54, 1.807) is 0 Å². The third-order valence-corrected chi connectivity index (χ3v) is 3.79. The fourth-order valence-corrected chi connectivity index (χ4v) is 2.73. The van der Waals surface area contributed by atoms with E-state index in [9.17, 15) is 0 Å². The minimum absolute atomic E-state index is 0.745. The van der Waals surface area contributed by atoms with Crippen molar-refractivity contribution in [3.63, 3.8) is 0 Å². The van der Waals surface area contributed by atoms with Crippen molar-refractivity contribution in [2.24, 2.45) is 0 Å². The van der Waals surface area contributed by atoms with Crippen molar-refractivity contribution < 1.29 is 4.74 Å². The van der Waals surface area contributed by atoms with Crippen molar-refractivity contribution in [3.8, 4) is 11.3 Å². The van der Waals surface area contributed by atoms with Crippen LogP contribution >= 0.6 is 0 Å². The highest BCUT2D eigenvalue weighted by molar-refractivity contribution is 5.71. The van der Waals surface area contributed by atoms with Crippen LogP contribution in [0.25, 0.3) is 16.9 Å². The quantitative estimate of drug-likeness (QED) is 0.722. The third-order valence-electron chi connectivity index (χ3n) is 3.79. The number of fused-ring (bicyclic) bond motifs is 1. The maximum atomic E-state index is 5.41. The Kier molecular flexibility index (Phi) is 3.05. The van der Waals surface area contributed by atoms with E-state index in [0.717, 1.165) is 49.0 Å². The molecule has 0 bridgehead atoms. The predicted molar refractivity (Wildman–Crippen MR) is 81.5 cm³/mol. The Bertz CT molecular complexity index is 747. The molecule has 0 atom stereocenters. The standard InChI is InChI=1S/C16H16N4O/c1-2-4-13(5-3-1)14-12-18-15(16-17-6-7-20(14)16)19-8-10-21-11-9-19/h1-7,12H,8-11H2. The topological polar surface area (TPSA) is 42.7 Å². The van der Waals surface area contributed by atoms with E-state index in [0.29, 0.717) is 0 Å². The van der Waals surface area contributed by atoms with Gasteiger partial charge in [-0.25, -0.2) is 9.97 Å². The molecule has 21 heavy (non-hydrogen) atoms. The second kappa shape index (κ2) is 5.18. The monoisotopic (exact) mass is 280 g/mol. The van der Waals surface area contributed by atoms with Crippen LogP contribution < -0.4 is 4.90 Å². The fourth-order valence-electron chi connectivity index (χ4n) is 2.73. The number of aromatic nitrogens is 3. The summed E-state index contributed by atoms with van der Waals surface area (Å²) in [6.45, 7) is 3.21. The van der Waals surface area contributed by atoms with E-state index in [1.807, 2.05) is 36.8 Å². The normalized spacial score (nSPS) is 15.5. The molecule has 4 rings (SSSR count). The molecule has 0 N–H and O–H groups in total. The molecule has 5 heteroatoms. The Balaban J connectivity index is 1.84. The molecule has 0 spiro atoms. The molecule has 1 fully saturated rings. The van der Waals surface area contributed by atoms with Crippen molar-refractivity contribution in [3.05, 3.63) is 48.9 Å². The lowest BCUT2D eigenvalue weighted by atomic mass is 10.1. The lowest BCUT2D eigenvalue weighted by Crippen LogP contribution is -2.37. The summed E-state index contributed by atoms with van der Waals surface area (Å²) in [7, 11) is 0. The number of benzene rings is 1. The van der Waals surface area contributed by atoms with Crippen LogP contribution in [-0.4, -0.2) is 40.7 Å². The van der Waals surface area contributed by atoms with Crippen LogP contribution in [0.15, 0.2) is 48.9 Å². The van der Waals surface area contributed by atoms with Gasteiger partial charge in [-0.1, -0.05) is 30.3 Å². The lowest BCUT2D eigenvalue weighted by Gasteiger charge is -2.28. The third kappa shape index (κ3) is 2.15. The van der Waals surface area contributed by atoms with Gasteiger partial charge < -0.3 is 9.64 Å². The number of morpholine rings is 1. The summed E-state index contributed by atoms with van der Waals surface area (Å²) in [5.74, 6) is 0.933. The molecule has 3 aromatic rings. The van der Waals surface area contributed by atoms with Gasteiger partial charge in [0.1, 0.15) is 0 Å². The highest BCUT2D eigenvalue weighted by Gasteiger charge is 2.18. The Morgan fingerprint density at radius 3 is 2.62 bits per heavy atom. The molecule has 5 nitrogen and oxygen atoms in total. The molecule has 1 saturated heterocycles. The Labute approximate surface area is 122 Å². The summed E-state index contributed by atoms with van der Waals surface area (Å²) in [6, 6.07) is 10.3. The van der Waals surface area contributed by atoms with Gasteiger partial charge in [-0.15, -0.1) is 0 Å². The summed E-state index contributed by atoms with van der Waals surface area (Å²) in [6.07, 6.45) is 5.74. The Morgan fingerprint density at radius 1 is 1.00 bits per heavy atom. The summed E-state index contributed by atoms with van der Waals surface area (Å²) in [5.41, 5.74) is 3.10. The first-order valence-electron chi connectivity index (χ1n) is 7.14. The van der Waals surface area contributed by atoms with Crippen molar-refractivity contribution in [2.75, 3.05) is 31.2 Å². The first-order chi connectivity index (χ1) is 10.4. The van der Waals surface area contributed by atoms with E-state index in [1.165, 1.54) is 0 Å². The highest BCUT2D eigenvalue weighted by Crippen LogP contribution is 2.25. The SMILES string of the molecule is c1ccc(-c2cnc(N3CCOCC3)c3nccn23)cc1. The van der Waals surface area contributed by atoms with Gasteiger partial charge in [0.05, 0.1) is 25.1 Å². The molecular weight excluding hydrogens is 264 g/mol. The van der Waals surface area contributed by atoms with Gasteiger partial charge in [0, 0.05) is 31.0 Å². The van der Waals surface area contributed by atoms with Gasteiger partial charge in [0.25, 0.3) is 0 Å². The molecule has 0 aliphatic carbocycles. The smallest absolute Gasteiger partial charge is 0.180 e. The summed E-state index contributed by atoms with van der Waals surface area (Å²) in [4.78, 5) is 11.4. The molecule has 1 aliphatic rings. The summed E-state index contributed by atoms with van der Waals surface area (Å²) in [5, 5.41) is 0. The zero-order valence-corrected chi connectivity index (χ0v) is 11.6. The van der Waals surface area contributed by atoms with E-state index in [4.69, 9.17) is 4.74 Å². The van der Waals surface area contributed by atoms with Gasteiger partial charge in [0.2, 0.25) is 0 Å². The molecule has 1 aliphatic heterocycles. The van der Waals surface area contributed by atoms with Crippen molar-refractivity contribution in [1.82, 2.24) is 14.4 Å². The summed E-state index contributed by atoms with van der Waals surface area (Å²) >= 11 is 0. The van der Waals surface area contributed by atoms with Gasteiger partial charge in [0.15, 0.2) is 11.5 Å². The van der Waals surface area contributed by atoms with Gasteiger partial charge in [-0.3, -0.25) is 4.40 Å². The number of imidazole rings is 1. The molecule has 2 aromatic heterocycles. The number of anilines is 1. The first-order valence-corrected chi connectivity index (χ1v) is 7.14. The molecule has 0 radical (unpaired) electrons. The van der Waals surface area contributed by atoms with Crippen molar-refractivity contribution >= 4 is 11.5 Å². The van der Waals surface area contributed by atoms with Gasteiger partial charge in [-0.2, -0.15) is 0 Å². The zero-order chi connectivity index (χ0) is 14.1. The summed E-state index contributed by atoms with van der Waals surface area (Å²) < 4.78 is 7.52. The largest absolute Gasteiger partial charge is 0.378 e. The maximum Gasteiger partial charge on any atom is 0.180 e. The van der Waals surface area contributed by atoms with E-state index >= 15 is 0 Å². The average molecular weight is 280 g/mol. The number of rotatable bonds is 2. The van der Waals surface area contributed by atoms with Gasteiger partial charge >= 0.3 is 0 Å². The molecule has 106 valence electrons. The fraction of sp³-hybridized carbons (Fsp3) is 0.250. The van der Waals surface area contributed by atoms with Gasteiger partial charge in [-0.05, 0) is 0 Å². The van der Waals surface area contributed by atoms with Crippen LogP contribution in [0.5, 0.6) is 0 Å². The molecule has 0 saturated carbocycles. The second-order valence-corrected chi connectivity index (χ2v) is 5.05. The zero-order valence-electron chi connectivity index (χ0n) is 11.6. The molecule has 0 unspecified atom stereocenters. The Hall–Kier alpha value is -2.40. The lowest BCUT2D eigenvalue weighted by molar-refractivity contribution is 0.122. The number of ether oxygens (including phenoxy) is 1. The average Bonchev–Trinajstić information content (AvgIpc) is 3.05. The van der Waals surface area contributed by atoms with Crippen LogP contribution in [0, 0.1) is 0 Å². The predicted octanol–water partition coefficient (Wildman–Crippen LogP) is 2.23. The van der Waals surface area contributed by atoms with Crippen LogP contribution in [0.1, 0.15) is 0 Å². The minimum atomic E-state index is 0.745. The Morgan fingerprint density at radius 2 is 1.81 bits per heavy atom. The number of hydrogen-bond acceptors (Lipinski definition) is 4. The van der Waals surface area contributed by atoms with E-state index < -0.39 is 0 Å². The van der Waals surface area contributed by atoms with Crippen LogP contribution in [0.4, 0.5) is 5.82 Å². The van der Waals surface area contributed by atoms with E-state index in [-0.39, 0.29) is 0 Å². The second-order valence-electron chi connectivity index (χ2n) is 5.05. The molecular formula is C16H16N4O. The number of hydrogen-bond donors (Lipinski definition) is 0. The molecule has 1 aromatic carbocycles. The molecule has 3 heterocycles. The van der Waals surface area contributed by atoms with Crippen LogP contribution in [0.3, 0.4) is 0 Å².